The predicted molar refractivity (Wildman–Crippen MR) is 162 cm³/mol. The van der Waals surface area contributed by atoms with Crippen LogP contribution in [0.5, 0.6) is 0 Å². The molecule has 1 fully saturated rings. The van der Waals surface area contributed by atoms with Crippen molar-refractivity contribution in [3.05, 3.63) is 24.3 Å². The summed E-state index contributed by atoms with van der Waals surface area (Å²) in [6, 6.07) is 8.81. The number of hydrogen-bond donors (Lipinski definition) is 0. The van der Waals surface area contributed by atoms with E-state index < -0.39 is 0 Å². The summed E-state index contributed by atoms with van der Waals surface area (Å²) in [7, 11) is 15.5. The molecule has 2 nitrogen and oxygen atoms in total. The molecule has 1 aliphatic heterocycles. The van der Waals surface area contributed by atoms with Gasteiger partial charge >= 0.3 is 7.12 Å². The largest absolute Gasteiger partial charge is 0.494 e. The topological polar surface area (TPSA) is 18.5 Å². The van der Waals surface area contributed by atoms with Crippen LogP contribution in [0.4, 0.5) is 0 Å². The molecule has 1 saturated heterocycles. The lowest BCUT2D eigenvalue weighted by Gasteiger charge is -2.32. The first kappa shape index (κ1) is 23.5. The van der Waals surface area contributed by atoms with Crippen LogP contribution in [0.1, 0.15) is 27.7 Å². The minimum atomic E-state index is -0.333. The van der Waals surface area contributed by atoms with E-state index in [0.29, 0.717) is 0 Å². The van der Waals surface area contributed by atoms with Gasteiger partial charge in [0.1, 0.15) is 54.9 Å². The third-order valence-corrected chi connectivity index (χ3v) is 8.54. The molecule has 0 amide bonds. The fraction of sp³-hybridized carbons (Fsp3) is 0.273. The van der Waals surface area contributed by atoms with Gasteiger partial charge in [-0.25, -0.2) is 0 Å². The van der Waals surface area contributed by atoms with E-state index in [1.807, 2.05) is 0 Å². The molecule has 0 radical (unpaired) electrons. The molecule has 0 aliphatic carbocycles. The second-order valence-electron chi connectivity index (χ2n) is 10.7. The van der Waals surface area contributed by atoms with Gasteiger partial charge in [0.25, 0.3) is 0 Å². The van der Waals surface area contributed by atoms with Crippen LogP contribution in [0, 0.1) is 0 Å². The molecule has 154 valence electrons. The molecule has 0 aromatic heterocycles. The standard InChI is InChI=1S/C22H30B8O2/c1-21(2)22(3,4)32-30(31-21)10-7-5-9(6-8-10)11-12-13(16(25)18(27)14(11)23)17(26)20(29)19(28)15(12)24/h5-8H,23-29H2,1-4H3. The first-order valence-corrected chi connectivity index (χ1v) is 11.7. The van der Waals surface area contributed by atoms with E-state index in [4.69, 9.17) is 9.31 Å². The highest BCUT2D eigenvalue weighted by molar-refractivity contribution is 6.71. The van der Waals surface area contributed by atoms with Crippen LogP contribution in [0.15, 0.2) is 24.3 Å². The van der Waals surface area contributed by atoms with Gasteiger partial charge in [0.05, 0.1) is 11.2 Å². The third kappa shape index (κ3) is 3.37. The zero-order valence-electron chi connectivity index (χ0n) is 21.7. The van der Waals surface area contributed by atoms with Crippen LogP contribution in [-0.2, 0) is 9.31 Å². The maximum Gasteiger partial charge on any atom is 0.494 e. The lowest BCUT2D eigenvalue weighted by atomic mass is 9.58. The van der Waals surface area contributed by atoms with E-state index >= 15 is 0 Å². The molecule has 3 aromatic rings. The van der Waals surface area contributed by atoms with Crippen molar-refractivity contribution in [2.24, 2.45) is 0 Å². The smallest absolute Gasteiger partial charge is 0.399 e. The first-order valence-electron chi connectivity index (χ1n) is 11.7. The summed E-state index contributed by atoms with van der Waals surface area (Å²) in [5, 5.41) is 2.81. The quantitative estimate of drug-likeness (QED) is 0.389. The van der Waals surface area contributed by atoms with Gasteiger partial charge in [0, 0.05) is 0 Å². The zero-order chi connectivity index (χ0) is 23.7. The summed E-state index contributed by atoms with van der Waals surface area (Å²) in [5.41, 5.74) is 12.8. The lowest BCUT2D eigenvalue weighted by molar-refractivity contribution is 0.00578. The van der Waals surface area contributed by atoms with Crippen molar-refractivity contribution in [3.63, 3.8) is 0 Å². The third-order valence-electron chi connectivity index (χ3n) is 8.54. The Morgan fingerprint density at radius 2 is 0.969 bits per heavy atom. The molecule has 0 unspecified atom stereocenters. The van der Waals surface area contributed by atoms with Crippen molar-refractivity contribution < 1.29 is 9.31 Å². The monoisotopic (exact) mass is 414 g/mol. The minimum Gasteiger partial charge on any atom is -0.399 e. The van der Waals surface area contributed by atoms with Crippen LogP contribution in [0.2, 0.25) is 0 Å². The van der Waals surface area contributed by atoms with Gasteiger partial charge in [-0.2, -0.15) is 0 Å². The van der Waals surface area contributed by atoms with Crippen molar-refractivity contribution in [1.29, 1.82) is 0 Å². The van der Waals surface area contributed by atoms with E-state index in [-0.39, 0.29) is 18.3 Å². The highest BCUT2D eigenvalue weighted by Gasteiger charge is 2.51. The molecule has 0 bridgehead atoms. The molecule has 0 atom stereocenters. The summed E-state index contributed by atoms with van der Waals surface area (Å²) in [4.78, 5) is 0. The highest BCUT2D eigenvalue weighted by Crippen LogP contribution is 2.36. The highest BCUT2D eigenvalue weighted by atomic mass is 16.7. The Hall–Kier alpha value is -1.64. The molecule has 3 aromatic carbocycles. The predicted octanol–water partition coefficient (Wildman–Crippen LogP) is -7.39. The summed E-state index contributed by atoms with van der Waals surface area (Å²) in [6.07, 6.45) is 0. The SMILES string of the molecule is Bc1c(B)c(B)c2c(-c3ccc(B4OC(C)(C)C(C)(C)O4)cc3)c(B)c(B)c(B)c2c1B. The number of fused-ring (bicyclic) bond motifs is 1. The van der Waals surface area contributed by atoms with Crippen LogP contribution in [0.25, 0.3) is 21.9 Å². The van der Waals surface area contributed by atoms with Crippen LogP contribution >= 0.6 is 0 Å². The molecule has 1 heterocycles. The molecule has 0 spiro atoms. The summed E-state index contributed by atoms with van der Waals surface area (Å²) < 4.78 is 12.5. The Morgan fingerprint density at radius 3 is 1.44 bits per heavy atom. The lowest BCUT2D eigenvalue weighted by Crippen LogP contribution is -2.52. The minimum absolute atomic E-state index is 0.332. The molecule has 1 aliphatic rings. The maximum absolute atomic E-state index is 6.27. The Bertz CT molecular complexity index is 1230. The molecular weight excluding hydrogens is 383 g/mol. The first-order chi connectivity index (χ1) is 14.8. The van der Waals surface area contributed by atoms with Crippen LogP contribution in [0.3, 0.4) is 0 Å². The van der Waals surface area contributed by atoms with Crippen molar-refractivity contribution in [2.75, 3.05) is 0 Å². The maximum atomic E-state index is 6.27. The van der Waals surface area contributed by atoms with Crippen LogP contribution < -0.4 is 43.7 Å². The summed E-state index contributed by atoms with van der Waals surface area (Å²) in [6.45, 7) is 8.39. The van der Waals surface area contributed by atoms with Gasteiger partial charge in [0.2, 0.25) is 0 Å². The fourth-order valence-electron chi connectivity index (χ4n) is 5.08. The van der Waals surface area contributed by atoms with Crippen molar-refractivity contribution in [3.8, 4) is 11.1 Å². The van der Waals surface area contributed by atoms with Crippen molar-refractivity contribution >= 4 is 117 Å². The number of benzene rings is 3. The van der Waals surface area contributed by atoms with E-state index in [1.54, 1.807) is 0 Å². The van der Waals surface area contributed by atoms with E-state index in [1.165, 1.54) is 60.1 Å². The number of rotatable bonds is 2. The van der Waals surface area contributed by atoms with E-state index in [2.05, 4.69) is 107 Å². The normalized spacial score (nSPS) is 17.2. The van der Waals surface area contributed by atoms with Crippen molar-refractivity contribution in [1.82, 2.24) is 0 Å². The molecule has 32 heavy (non-hydrogen) atoms. The van der Waals surface area contributed by atoms with Gasteiger partial charge in [-0.1, -0.05) is 46.1 Å². The Morgan fingerprint density at radius 1 is 0.562 bits per heavy atom. The van der Waals surface area contributed by atoms with Gasteiger partial charge in [-0.15, -0.1) is 16.4 Å². The molecule has 10 heteroatoms. The Balaban J connectivity index is 1.90. The van der Waals surface area contributed by atoms with E-state index in [0.717, 1.165) is 5.46 Å². The molecule has 0 N–H and O–H groups in total. The summed E-state index contributed by atoms with van der Waals surface area (Å²) >= 11 is 0. The zero-order valence-corrected chi connectivity index (χ0v) is 21.7. The average molecular weight is 413 g/mol. The van der Waals surface area contributed by atoms with Gasteiger partial charge < -0.3 is 9.31 Å². The number of hydrogen-bond acceptors (Lipinski definition) is 2. The Labute approximate surface area is 200 Å². The van der Waals surface area contributed by atoms with Crippen LogP contribution in [-0.4, -0.2) is 73.2 Å². The molecule has 0 saturated carbocycles. The average Bonchev–Trinajstić information content (AvgIpc) is 2.96. The second-order valence-corrected chi connectivity index (χ2v) is 10.7. The molecule has 4 rings (SSSR count). The fourth-order valence-corrected chi connectivity index (χ4v) is 5.08. The second kappa shape index (κ2) is 7.70. The Kier molecular flexibility index (Phi) is 5.66. The van der Waals surface area contributed by atoms with Gasteiger partial charge in [-0.3, -0.25) is 0 Å². The summed E-state index contributed by atoms with van der Waals surface area (Å²) in [5.74, 6) is 0. The van der Waals surface area contributed by atoms with Crippen molar-refractivity contribution in [2.45, 2.75) is 38.9 Å². The molecular formula is C22H30B8O2. The van der Waals surface area contributed by atoms with Gasteiger partial charge in [-0.05, 0) is 55.1 Å². The van der Waals surface area contributed by atoms with E-state index in [9.17, 15) is 0 Å². The van der Waals surface area contributed by atoms with Gasteiger partial charge in [0.15, 0.2) is 0 Å².